The maximum atomic E-state index is 11.9. The van der Waals surface area contributed by atoms with Crippen LogP contribution in [-0.2, 0) is 9.84 Å². The van der Waals surface area contributed by atoms with Gasteiger partial charge in [-0.1, -0.05) is 13.3 Å². The molecule has 19 heavy (non-hydrogen) atoms. The molecule has 106 valence electrons. The van der Waals surface area contributed by atoms with Gasteiger partial charge in [0.15, 0.2) is 15.6 Å². The zero-order valence-corrected chi connectivity index (χ0v) is 13.4. The summed E-state index contributed by atoms with van der Waals surface area (Å²) in [7, 11) is -1.79. The summed E-state index contributed by atoms with van der Waals surface area (Å²) in [6, 6.07) is 4.79. The number of rotatable bonds is 7. The van der Waals surface area contributed by atoms with E-state index in [0.717, 1.165) is 6.42 Å². The van der Waals surface area contributed by atoms with Crippen LogP contribution in [0, 0.1) is 0 Å². The van der Waals surface area contributed by atoms with Crippen molar-refractivity contribution in [3.05, 3.63) is 28.2 Å². The number of benzene rings is 1. The van der Waals surface area contributed by atoms with Crippen molar-refractivity contribution in [3.8, 4) is 5.75 Å². The number of ether oxygens (including phenoxy) is 1. The van der Waals surface area contributed by atoms with E-state index in [2.05, 4.69) is 15.9 Å². The van der Waals surface area contributed by atoms with Gasteiger partial charge in [0.25, 0.3) is 0 Å². The summed E-state index contributed by atoms with van der Waals surface area (Å²) >= 11 is 3.27. The van der Waals surface area contributed by atoms with Gasteiger partial charge < -0.3 is 4.74 Å². The highest BCUT2D eigenvalue weighted by Gasteiger charge is 2.18. The van der Waals surface area contributed by atoms with Crippen molar-refractivity contribution in [2.24, 2.45) is 0 Å². The van der Waals surface area contributed by atoms with Crippen molar-refractivity contribution in [1.29, 1.82) is 0 Å². The van der Waals surface area contributed by atoms with E-state index in [-0.39, 0.29) is 11.5 Å². The third-order valence-electron chi connectivity index (χ3n) is 2.63. The lowest BCUT2D eigenvalue weighted by Gasteiger charge is -2.06. The molecular formula is C13H17BrO4S. The SMILES string of the molecule is CCCCS(=O)(=O)CC(=O)c1ccc(OC)c(Br)c1. The Morgan fingerprint density at radius 2 is 2.05 bits per heavy atom. The van der Waals surface area contributed by atoms with Gasteiger partial charge in [-0.15, -0.1) is 0 Å². The Morgan fingerprint density at radius 3 is 2.58 bits per heavy atom. The van der Waals surface area contributed by atoms with E-state index in [9.17, 15) is 13.2 Å². The lowest BCUT2D eigenvalue weighted by Crippen LogP contribution is -2.19. The molecule has 0 aliphatic heterocycles. The number of carbonyl (C=O) groups is 1. The lowest BCUT2D eigenvalue weighted by molar-refractivity contribution is 0.102. The highest BCUT2D eigenvalue weighted by Crippen LogP contribution is 2.25. The molecule has 0 fully saturated rings. The predicted molar refractivity (Wildman–Crippen MR) is 78.6 cm³/mol. The van der Waals surface area contributed by atoms with Crippen molar-refractivity contribution in [1.82, 2.24) is 0 Å². The molecule has 0 radical (unpaired) electrons. The molecule has 1 aromatic rings. The number of hydrogen-bond donors (Lipinski definition) is 0. The average Bonchev–Trinajstić information content (AvgIpc) is 2.35. The van der Waals surface area contributed by atoms with Crippen molar-refractivity contribution in [2.75, 3.05) is 18.6 Å². The zero-order valence-electron chi connectivity index (χ0n) is 11.0. The summed E-state index contributed by atoms with van der Waals surface area (Å²) in [5.41, 5.74) is 0.368. The maximum absolute atomic E-state index is 11.9. The van der Waals surface area contributed by atoms with Crippen molar-refractivity contribution in [3.63, 3.8) is 0 Å². The molecule has 0 saturated carbocycles. The number of hydrogen-bond acceptors (Lipinski definition) is 4. The Morgan fingerprint density at radius 1 is 1.37 bits per heavy atom. The maximum Gasteiger partial charge on any atom is 0.177 e. The zero-order chi connectivity index (χ0) is 14.5. The van der Waals surface area contributed by atoms with Crippen LogP contribution in [0.4, 0.5) is 0 Å². The van der Waals surface area contributed by atoms with Gasteiger partial charge in [-0.2, -0.15) is 0 Å². The molecule has 1 rings (SSSR count). The number of ketones is 1. The van der Waals surface area contributed by atoms with Gasteiger partial charge in [-0.3, -0.25) is 4.79 Å². The first-order valence-corrected chi connectivity index (χ1v) is 8.58. The van der Waals surface area contributed by atoms with Gasteiger partial charge in [0, 0.05) is 5.56 Å². The Bertz CT molecular complexity index is 552. The molecule has 1 aromatic carbocycles. The molecule has 0 atom stereocenters. The first-order chi connectivity index (χ1) is 8.89. The fourth-order valence-electron chi connectivity index (χ4n) is 1.56. The fourth-order valence-corrected chi connectivity index (χ4v) is 3.54. The average molecular weight is 349 g/mol. The van der Waals surface area contributed by atoms with Gasteiger partial charge >= 0.3 is 0 Å². The second kappa shape index (κ2) is 7.05. The van der Waals surface area contributed by atoms with E-state index in [0.29, 0.717) is 22.2 Å². The fraction of sp³-hybridized carbons (Fsp3) is 0.462. The normalized spacial score (nSPS) is 11.3. The number of sulfone groups is 1. The van der Waals surface area contributed by atoms with Gasteiger partial charge in [-0.25, -0.2) is 8.42 Å². The van der Waals surface area contributed by atoms with Crippen LogP contribution in [0.25, 0.3) is 0 Å². The van der Waals surface area contributed by atoms with Crippen LogP contribution < -0.4 is 4.74 Å². The second-order valence-corrected chi connectivity index (χ2v) is 7.26. The highest BCUT2D eigenvalue weighted by molar-refractivity contribution is 9.10. The molecule has 0 unspecified atom stereocenters. The standard InChI is InChI=1S/C13H17BrO4S/c1-3-4-7-19(16,17)9-12(15)10-5-6-13(18-2)11(14)8-10/h5-6,8H,3-4,7,9H2,1-2H3. The van der Waals surface area contributed by atoms with Crippen LogP contribution in [-0.4, -0.2) is 32.8 Å². The first kappa shape index (κ1) is 16.2. The largest absolute Gasteiger partial charge is 0.496 e. The summed E-state index contributed by atoms with van der Waals surface area (Å²) in [6.45, 7) is 1.91. The quantitative estimate of drug-likeness (QED) is 0.711. The molecule has 4 nitrogen and oxygen atoms in total. The first-order valence-electron chi connectivity index (χ1n) is 5.96. The Kier molecular flexibility index (Phi) is 6.00. The number of methoxy groups -OCH3 is 1. The van der Waals surface area contributed by atoms with Gasteiger partial charge in [0.2, 0.25) is 0 Å². The summed E-state index contributed by atoms with van der Waals surface area (Å²) in [5.74, 6) is -0.164. The van der Waals surface area contributed by atoms with Crippen LogP contribution in [0.5, 0.6) is 5.75 Å². The van der Waals surface area contributed by atoms with E-state index in [1.807, 2.05) is 6.92 Å². The minimum atomic E-state index is -3.32. The molecule has 0 aliphatic rings. The summed E-state index contributed by atoms with van der Waals surface area (Å²) in [5, 5.41) is 0. The van der Waals surface area contributed by atoms with Gasteiger partial charge in [0.1, 0.15) is 11.5 Å². The molecule has 0 heterocycles. The van der Waals surface area contributed by atoms with Crippen LogP contribution in [0.3, 0.4) is 0 Å². The van der Waals surface area contributed by atoms with E-state index in [1.54, 1.807) is 18.2 Å². The lowest BCUT2D eigenvalue weighted by atomic mass is 10.1. The van der Waals surface area contributed by atoms with Crippen LogP contribution >= 0.6 is 15.9 Å². The molecule has 6 heteroatoms. The summed E-state index contributed by atoms with van der Waals surface area (Å²) < 4.78 is 29.1. The van der Waals surface area contributed by atoms with Crippen LogP contribution in [0.1, 0.15) is 30.1 Å². The Balaban J connectivity index is 2.81. The molecule has 0 N–H and O–H groups in total. The molecular weight excluding hydrogens is 332 g/mol. The van der Waals surface area contributed by atoms with Crippen LogP contribution in [0.2, 0.25) is 0 Å². The number of unbranched alkanes of at least 4 members (excludes halogenated alkanes) is 1. The number of halogens is 1. The van der Waals surface area contributed by atoms with Gasteiger partial charge in [0.05, 0.1) is 17.3 Å². The minimum Gasteiger partial charge on any atom is -0.496 e. The monoisotopic (exact) mass is 348 g/mol. The van der Waals surface area contributed by atoms with E-state index in [4.69, 9.17) is 4.74 Å². The summed E-state index contributed by atoms with van der Waals surface area (Å²) in [4.78, 5) is 11.9. The van der Waals surface area contributed by atoms with Crippen molar-refractivity contribution < 1.29 is 17.9 Å². The number of Topliss-reactive ketones (excluding diaryl/α,β-unsaturated/α-hetero) is 1. The Labute approximate surface area is 122 Å². The highest BCUT2D eigenvalue weighted by atomic mass is 79.9. The molecule has 0 spiro atoms. The van der Waals surface area contributed by atoms with Crippen molar-refractivity contribution in [2.45, 2.75) is 19.8 Å². The summed E-state index contributed by atoms with van der Waals surface area (Å²) in [6.07, 6.45) is 1.38. The Hall–Kier alpha value is -0.880. The number of carbonyl (C=O) groups excluding carboxylic acids is 1. The molecule has 0 amide bonds. The second-order valence-electron chi connectivity index (χ2n) is 4.22. The smallest absolute Gasteiger partial charge is 0.177 e. The van der Waals surface area contributed by atoms with E-state index < -0.39 is 15.6 Å². The van der Waals surface area contributed by atoms with E-state index in [1.165, 1.54) is 7.11 Å². The van der Waals surface area contributed by atoms with Crippen molar-refractivity contribution >= 4 is 31.6 Å². The minimum absolute atomic E-state index is 0.0621. The third-order valence-corrected chi connectivity index (χ3v) is 4.87. The molecule has 0 bridgehead atoms. The molecule has 0 saturated heterocycles. The van der Waals surface area contributed by atoms with Crippen LogP contribution in [0.15, 0.2) is 22.7 Å². The topological polar surface area (TPSA) is 60.4 Å². The van der Waals surface area contributed by atoms with Gasteiger partial charge in [-0.05, 0) is 40.5 Å². The van der Waals surface area contributed by atoms with E-state index >= 15 is 0 Å². The molecule has 0 aliphatic carbocycles. The third kappa shape index (κ3) is 4.95. The molecule has 0 aromatic heterocycles. The predicted octanol–water partition coefficient (Wildman–Crippen LogP) is 2.86.